The van der Waals surface area contributed by atoms with E-state index in [4.69, 9.17) is 0 Å². The third kappa shape index (κ3) is 2.59. The van der Waals surface area contributed by atoms with Crippen LogP contribution in [0.2, 0.25) is 0 Å². The van der Waals surface area contributed by atoms with Crippen molar-refractivity contribution in [1.29, 1.82) is 0 Å². The molecule has 0 saturated carbocycles. The van der Waals surface area contributed by atoms with Crippen molar-refractivity contribution in [2.45, 2.75) is 44.3 Å². The molecule has 2 aliphatic heterocycles. The van der Waals surface area contributed by atoms with Gasteiger partial charge in [0.25, 0.3) is 0 Å². The molecule has 24 heavy (non-hydrogen) atoms. The Labute approximate surface area is 136 Å². The highest BCUT2D eigenvalue weighted by atomic mass is 19.2. The maximum atomic E-state index is 13.6. The van der Waals surface area contributed by atoms with Gasteiger partial charge < -0.3 is 14.9 Å². The van der Waals surface area contributed by atoms with E-state index in [1.165, 1.54) is 9.80 Å². The van der Waals surface area contributed by atoms with Crippen LogP contribution in [0.25, 0.3) is 0 Å². The number of carboxylic acid groups (broad SMARTS) is 1. The molecule has 0 radical (unpaired) electrons. The molecule has 2 aliphatic rings. The minimum Gasteiger partial charge on any atom is -0.465 e. The number of rotatable bonds is 1. The lowest BCUT2D eigenvalue weighted by atomic mass is 9.87. The largest absolute Gasteiger partial charge is 0.465 e. The Bertz CT molecular complexity index is 674. The monoisotopic (exact) mass is 342 g/mol. The molecule has 0 aromatic heterocycles. The van der Waals surface area contributed by atoms with Crippen LogP contribution in [-0.2, 0) is 4.79 Å². The van der Waals surface area contributed by atoms with Crippen molar-refractivity contribution in [2.75, 3.05) is 6.54 Å². The first kappa shape index (κ1) is 16.6. The molecule has 1 aromatic carbocycles. The van der Waals surface area contributed by atoms with Gasteiger partial charge >= 0.3 is 6.09 Å². The van der Waals surface area contributed by atoms with E-state index in [0.717, 1.165) is 12.1 Å². The van der Waals surface area contributed by atoms with Gasteiger partial charge in [0.2, 0.25) is 5.91 Å². The Morgan fingerprint density at radius 3 is 2.46 bits per heavy atom. The molecule has 2 heterocycles. The van der Waals surface area contributed by atoms with Crippen molar-refractivity contribution in [3.8, 4) is 0 Å². The molecule has 1 aromatic rings. The van der Waals surface area contributed by atoms with Crippen molar-refractivity contribution in [2.24, 2.45) is 0 Å². The van der Waals surface area contributed by atoms with Crippen molar-refractivity contribution >= 4 is 12.0 Å². The minimum atomic E-state index is -1.58. The second-order valence-electron chi connectivity index (χ2n) is 6.25. The number of hydrogen-bond acceptors (Lipinski definition) is 2. The second kappa shape index (κ2) is 5.99. The van der Waals surface area contributed by atoms with Gasteiger partial charge in [0, 0.05) is 13.0 Å². The quantitative estimate of drug-likeness (QED) is 0.799. The number of benzene rings is 1. The van der Waals surface area contributed by atoms with Crippen molar-refractivity contribution in [1.82, 2.24) is 9.80 Å². The van der Waals surface area contributed by atoms with Crippen LogP contribution in [0.5, 0.6) is 0 Å². The fourth-order valence-electron chi connectivity index (χ4n) is 3.73. The van der Waals surface area contributed by atoms with Gasteiger partial charge in [-0.15, -0.1) is 0 Å². The molecule has 2 fully saturated rings. The van der Waals surface area contributed by atoms with Crippen LogP contribution >= 0.6 is 0 Å². The van der Waals surface area contributed by atoms with E-state index >= 15 is 0 Å². The Hall–Kier alpha value is -2.25. The summed E-state index contributed by atoms with van der Waals surface area (Å²) in [4.78, 5) is 26.6. The summed E-state index contributed by atoms with van der Waals surface area (Å²) in [6, 6.07) is 0.0472. The number of nitrogens with zero attached hydrogens (tertiary/aromatic N) is 2. The average molecular weight is 342 g/mol. The number of piperidine rings is 1. The summed E-state index contributed by atoms with van der Waals surface area (Å²) in [5.41, 5.74) is 0.0600. The van der Waals surface area contributed by atoms with Crippen molar-refractivity contribution in [3.63, 3.8) is 0 Å². The summed E-state index contributed by atoms with van der Waals surface area (Å²) >= 11 is 0. The highest BCUT2D eigenvalue weighted by Crippen LogP contribution is 2.38. The van der Waals surface area contributed by atoms with Crippen LogP contribution in [0.3, 0.4) is 0 Å². The summed E-state index contributed by atoms with van der Waals surface area (Å²) < 4.78 is 40.4. The van der Waals surface area contributed by atoms with Gasteiger partial charge in [-0.05, 0) is 37.5 Å². The zero-order valence-corrected chi connectivity index (χ0v) is 13.0. The van der Waals surface area contributed by atoms with E-state index in [0.29, 0.717) is 19.3 Å². The zero-order valence-electron chi connectivity index (χ0n) is 13.0. The summed E-state index contributed by atoms with van der Waals surface area (Å²) in [7, 11) is 0. The first-order chi connectivity index (χ1) is 11.3. The van der Waals surface area contributed by atoms with Gasteiger partial charge in [-0.1, -0.05) is 0 Å². The molecule has 3 rings (SSSR count). The summed E-state index contributed by atoms with van der Waals surface area (Å²) in [6.07, 6.45) is 0.392. The van der Waals surface area contributed by atoms with E-state index in [9.17, 15) is 27.9 Å². The highest BCUT2D eigenvalue weighted by Gasteiger charge is 2.46. The van der Waals surface area contributed by atoms with Crippen LogP contribution in [0, 0.1) is 17.5 Å². The van der Waals surface area contributed by atoms with Crippen LogP contribution in [0.15, 0.2) is 12.1 Å². The summed E-state index contributed by atoms with van der Waals surface area (Å²) in [6.45, 7) is 1.61. The van der Waals surface area contributed by atoms with Gasteiger partial charge in [-0.2, -0.15) is 0 Å². The Balaban J connectivity index is 2.06. The van der Waals surface area contributed by atoms with Gasteiger partial charge in [0.15, 0.2) is 17.5 Å². The van der Waals surface area contributed by atoms with E-state index in [2.05, 4.69) is 0 Å². The lowest BCUT2D eigenvalue weighted by molar-refractivity contribution is -0.146. The fraction of sp³-hybridized carbons (Fsp3) is 0.500. The predicted molar refractivity (Wildman–Crippen MR) is 77.7 cm³/mol. The highest BCUT2D eigenvalue weighted by molar-refractivity contribution is 5.79. The lowest BCUT2D eigenvalue weighted by Crippen LogP contribution is -2.63. The normalized spacial score (nSPS) is 27.2. The maximum Gasteiger partial charge on any atom is 0.407 e. The van der Waals surface area contributed by atoms with Crippen LogP contribution < -0.4 is 0 Å². The number of carbonyl (C=O) groups is 2. The van der Waals surface area contributed by atoms with Crippen molar-refractivity contribution in [3.05, 3.63) is 35.1 Å². The van der Waals surface area contributed by atoms with Gasteiger partial charge in [-0.3, -0.25) is 4.79 Å². The molecular weight excluding hydrogens is 325 g/mol. The number of carbonyl (C=O) groups excluding carboxylic acids is 1. The summed E-state index contributed by atoms with van der Waals surface area (Å²) in [5.74, 6) is -4.48. The minimum absolute atomic E-state index is 0.0600. The Morgan fingerprint density at radius 2 is 1.88 bits per heavy atom. The topological polar surface area (TPSA) is 60.9 Å². The molecule has 0 aliphatic carbocycles. The molecular formula is C16H17F3N2O3. The Morgan fingerprint density at radius 1 is 1.25 bits per heavy atom. The summed E-state index contributed by atoms with van der Waals surface area (Å²) in [5, 5.41) is 9.40. The lowest BCUT2D eigenvalue weighted by Gasteiger charge is -2.52. The number of hydrogen-bond donors (Lipinski definition) is 1. The van der Waals surface area contributed by atoms with E-state index < -0.39 is 35.6 Å². The number of fused-ring (bicyclic) bond motifs is 1. The molecule has 2 amide bonds. The first-order valence-corrected chi connectivity index (χ1v) is 7.76. The van der Waals surface area contributed by atoms with E-state index in [1.807, 2.05) is 0 Å². The molecule has 0 spiro atoms. The van der Waals surface area contributed by atoms with E-state index in [1.54, 1.807) is 6.92 Å². The number of piperazine rings is 1. The number of amides is 2. The van der Waals surface area contributed by atoms with E-state index in [-0.39, 0.29) is 24.1 Å². The van der Waals surface area contributed by atoms with Crippen molar-refractivity contribution < 1.29 is 27.9 Å². The molecule has 2 saturated heterocycles. The maximum absolute atomic E-state index is 13.6. The van der Waals surface area contributed by atoms with Crippen LogP contribution in [0.1, 0.15) is 37.8 Å². The molecule has 3 atom stereocenters. The standard InChI is InChI=1S/C16H17F3N2O3/c1-8-12-3-2-4-14(22)21(12)13(7-20(8)16(23)24)9-5-10(17)15(19)11(18)6-9/h5-6,8,12-13H,2-4,7H2,1H3,(H,23,24)/t8?,12-,13-/m0/s1. The third-order valence-electron chi connectivity index (χ3n) is 4.93. The molecule has 8 heteroatoms. The molecule has 5 nitrogen and oxygen atoms in total. The van der Waals surface area contributed by atoms with Gasteiger partial charge in [-0.25, -0.2) is 18.0 Å². The number of halogens is 3. The van der Waals surface area contributed by atoms with Crippen LogP contribution in [0.4, 0.5) is 18.0 Å². The Kier molecular flexibility index (Phi) is 4.15. The average Bonchev–Trinajstić information content (AvgIpc) is 2.53. The second-order valence-corrected chi connectivity index (χ2v) is 6.25. The predicted octanol–water partition coefficient (Wildman–Crippen LogP) is 2.91. The molecule has 1 N–H and O–H groups in total. The van der Waals surface area contributed by atoms with Gasteiger partial charge in [0.05, 0.1) is 18.1 Å². The van der Waals surface area contributed by atoms with Crippen LogP contribution in [-0.4, -0.2) is 45.5 Å². The molecule has 0 bridgehead atoms. The molecule has 1 unspecified atom stereocenters. The SMILES string of the molecule is CC1[C@@H]2CCCC(=O)N2[C@H](c2cc(F)c(F)c(F)c2)CN1C(=O)O. The van der Waals surface area contributed by atoms with Gasteiger partial charge in [0.1, 0.15) is 0 Å². The zero-order chi connectivity index (χ0) is 17.6. The fourth-order valence-corrected chi connectivity index (χ4v) is 3.73. The first-order valence-electron chi connectivity index (χ1n) is 7.76. The third-order valence-corrected chi connectivity index (χ3v) is 4.93. The molecule has 130 valence electrons. The smallest absolute Gasteiger partial charge is 0.407 e.